The first-order chi connectivity index (χ1) is 16.0. The highest BCUT2D eigenvalue weighted by atomic mass is 16.5. The zero-order chi connectivity index (χ0) is 22.9. The van der Waals surface area contributed by atoms with Crippen molar-refractivity contribution in [1.82, 2.24) is 15.0 Å². The number of Topliss-reactive ketones (excluding diaryl/α,β-unsaturated/α-hetero) is 1. The van der Waals surface area contributed by atoms with Crippen molar-refractivity contribution in [2.45, 2.75) is 33.0 Å². The summed E-state index contributed by atoms with van der Waals surface area (Å²) < 4.78 is 11.5. The van der Waals surface area contributed by atoms with E-state index >= 15 is 0 Å². The first-order valence-electron chi connectivity index (χ1n) is 11.5. The van der Waals surface area contributed by atoms with Crippen molar-refractivity contribution in [3.63, 3.8) is 0 Å². The third kappa shape index (κ3) is 4.54. The summed E-state index contributed by atoms with van der Waals surface area (Å²) in [7, 11) is 0. The number of ether oxygens (including phenoxy) is 2. The van der Waals surface area contributed by atoms with Crippen molar-refractivity contribution in [1.29, 1.82) is 0 Å². The van der Waals surface area contributed by atoms with E-state index in [1.54, 1.807) is 6.92 Å². The van der Waals surface area contributed by atoms with Crippen LogP contribution in [0.25, 0.3) is 22.3 Å². The highest BCUT2D eigenvalue weighted by Gasteiger charge is 2.26. The highest BCUT2D eigenvalue weighted by molar-refractivity contribution is 5.94. The molecule has 2 fully saturated rings. The van der Waals surface area contributed by atoms with Gasteiger partial charge < -0.3 is 19.3 Å². The van der Waals surface area contributed by atoms with Gasteiger partial charge in [0.1, 0.15) is 5.82 Å². The maximum atomic E-state index is 11.6. The van der Waals surface area contributed by atoms with Crippen LogP contribution in [0.4, 0.5) is 11.8 Å². The van der Waals surface area contributed by atoms with Gasteiger partial charge in [0.2, 0.25) is 5.95 Å². The molecule has 0 radical (unpaired) electrons. The molecule has 8 nitrogen and oxygen atoms in total. The molecule has 2 aliphatic rings. The van der Waals surface area contributed by atoms with E-state index in [1.165, 1.54) is 0 Å². The van der Waals surface area contributed by atoms with Crippen molar-refractivity contribution in [2.24, 2.45) is 0 Å². The topological polar surface area (TPSA) is 80.7 Å². The summed E-state index contributed by atoms with van der Waals surface area (Å²) in [4.78, 5) is 30.9. The minimum Gasteiger partial charge on any atom is -0.378 e. The number of benzene rings is 1. The molecule has 0 saturated carbocycles. The van der Waals surface area contributed by atoms with Crippen molar-refractivity contribution in [2.75, 3.05) is 49.2 Å². The fourth-order valence-corrected chi connectivity index (χ4v) is 4.52. The predicted molar refractivity (Wildman–Crippen MR) is 128 cm³/mol. The summed E-state index contributed by atoms with van der Waals surface area (Å²) in [5.74, 6) is 1.63. The molecule has 0 aliphatic carbocycles. The van der Waals surface area contributed by atoms with Crippen molar-refractivity contribution in [3.05, 3.63) is 42.0 Å². The molecule has 0 N–H and O–H groups in total. The minimum atomic E-state index is 0.0505. The van der Waals surface area contributed by atoms with Crippen LogP contribution >= 0.6 is 0 Å². The fraction of sp³-hybridized carbons (Fsp3) is 0.440. The Bertz CT molecular complexity index is 1150. The Kier molecular flexibility index (Phi) is 5.95. The van der Waals surface area contributed by atoms with Crippen molar-refractivity contribution < 1.29 is 14.3 Å². The predicted octanol–water partition coefficient (Wildman–Crippen LogP) is 3.34. The smallest absolute Gasteiger partial charge is 0.229 e. The molecule has 4 heterocycles. The number of anilines is 2. The van der Waals surface area contributed by atoms with E-state index in [2.05, 4.69) is 29.7 Å². The van der Waals surface area contributed by atoms with E-state index in [0.717, 1.165) is 48.6 Å². The maximum Gasteiger partial charge on any atom is 0.229 e. The van der Waals surface area contributed by atoms with Gasteiger partial charge in [-0.05, 0) is 32.9 Å². The Hall–Kier alpha value is -3.10. The molecule has 2 unspecified atom stereocenters. The van der Waals surface area contributed by atoms with Crippen molar-refractivity contribution in [3.8, 4) is 11.3 Å². The molecule has 2 saturated heterocycles. The molecule has 33 heavy (non-hydrogen) atoms. The number of rotatable bonds is 4. The van der Waals surface area contributed by atoms with Gasteiger partial charge >= 0.3 is 0 Å². The van der Waals surface area contributed by atoms with Crippen molar-refractivity contribution >= 4 is 28.6 Å². The summed E-state index contributed by atoms with van der Waals surface area (Å²) in [5, 5.41) is 0.930. The number of carbonyl (C=O) groups excluding carboxylic acids is 1. The average molecular weight is 448 g/mol. The average Bonchev–Trinajstić information content (AvgIpc) is 2.83. The van der Waals surface area contributed by atoms with Gasteiger partial charge in [0.15, 0.2) is 11.4 Å². The number of nitrogens with zero attached hydrogens (tertiary/aromatic N) is 5. The van der Waals surface area contributed by atoms with Crippen LogP contribution in [0.3, 0.4) is 0 Å². The van der Waals surface area contributed by atoms with Gasteiger partial charge in [-0.1, -0.05) is 24.3 Å². The van der Waals surface area contributed by atoms with E-state index in [0.29, 0.717) is 30.4 Å². The molecule has 1 aromatic carbocycles. The summed E-state index contributed by atoms with van der Waals surface area (Å²) in [6, 6.07) is 11.6. The van der Waals surface area contributed by atoms with Gasteiger partial charge in [0, 0.05) is 37.3 Å². The lowest BCUT2D eigenvalue weighted by Gasteiger charge is -2.36. The molecular formula is C25H29N5O3. The molecule has 0 amide bonds. The first kappa shape index (κ1) is 21.7. The number of hydrogen-bond donors (Lipinski definition) is 0. The Morgan fingerprint density at radius 1 is 0.909 bits per heavy atom. The summed E-state index contributed by atoms with van der Waals surface area (Å²) >= 11 is 0. The fourth-order valence-electron chi connectivity index (χ4n) is 4.52. The summed E-state index contributed by atoms with van der Waals surface area (Å²) in [6.07, 6.45) is 0.220. The monoisotopic (exact) mass is 447 g/mol. The maximum absolute atomic E-state index is 11.6. The summed E-state index contributed by atoms with van der Waals surface area (Å²) in [5.41, 5.74) is 3.12. The van der Waals surface area contributed by atoms with E-state index in [4.69, 9.17) is 24.4 Å². The quantitative estimate of drug-likeness (QED) is 0.564. The molecule has 8 heteroatoms. The van der Waals surface area contributed by atoms with Gasteiger partial charge in [0.25, 0.3) is 0 Å². The van der Waals surface area contributed by atoms with E-state index in [-0.39, 0.29) is 18.0 Å². The van der Waals surface area contributed by atoms with Crippen LogP contribution in [0.2, 0.25) is 0 Å². The molecule has 5 rings (SSSR count). The van der Waals surface area contributed by atoms with Crippen LogP contribution in [-0.2, 0) is 9.47 Å². The standard InChI is InChI=1S/C25H29N5O3/c1-16-14-30(15-17(2)33-16)25-27-23-21(24(28-25)29-10-12-32-13-11-29)8-9-22(26-23)20-6-4-19(5-7-20)18(3)31/h4-9,16-17H,10-15H2,1-3H3. The molecular weight excluding hydrogens is 418 g/mol. The van der Waals surface area contributed by atoms with Gasteiger partial charge in [-0.15, -0.1) is 0 Å². The number of aromatic nitrogens is 3. The Labute approximate surface area is 193 Å². The molecule has 0 spiro atoms. The lowest BCUT2D eigenvalue weighted by molar-refractivity contribution is -0.00570. The number of carbonyl (C=O) groups is 1. The first-order valence-corrected chi connectivity index (χ1v) is 11.5. The third-order valence-electron chi connectivity index (χ3n) is 6.13. The minimum absolute atomic E-state index is 0.0505. The second kappa shape index (κ2) is 9.03. The second-order valence-corrected chi connectivity index (χ2v) is 8.81. The van der Waals surface area contributed by atoms with E-state index < -0.39 is 0 Å². The van der Waals surface area contributed by atoms with Gasteiger partial charge in [0.05, 0.1) is 36.5 Å². The van der Waals surface area contributed by atoms with Crippen LogP contribution in [0.1, 0.15) is 31.1 Å². The lowest BCUT2D eigenvalue weighted by atomic mass is 10.1. The van der Waals surface area contributed by atoms with Crippen LogP contribution < -0.4 is 9.80 Å². The van der Waals surface area contributed by atoms with Crippen LogP contribution in [0.15, 0.2) is 36.4 Å². The highest BCUT2D eigenvalue weighted by Crippen LogP contribution is 2.30. The van der Waals surface area contributed by atoms with Crippen LogP contribution in [0.5, 0.6) is 0 Å². The SMILES string of the molecule is CC(=O)c1ccc(-c2ccc3c(N4CCOCC4)nc(N4CC(C)OC(C)C4)nc3n2)cc1. The Morgan fingerprint density at radius 3 is 2.27 bits per heavy atom. The number of ketones is 1. The number of fused-ring (bicyclic) bond motifs is 1. The molecule has 2 aliphatic heterocycles. The molecule has 0 bridgehead atoms. The Morgan fingerprint density at radius 2 is 1.61 bits per heavy atom. The molecule has 2 atom stereocenters. The second-order valence-electron chi connectivity index (χ2n) is 8.81. The molecule has 3 aromatic rings. The van der Waals surface area contributed by atoms with Crippen LogP contribution in [0, 0.1) is 0 Å². The van der Waals surface area contributed by atoms with Gasteiger partial charge in [-0.3, -0.25) is 4.79 Å². The Balaban J connectivity index is 1.59. The molecule has 172 valence electrons. The normalized spacial score (nSPS) is 21.4. The van der Waals surface area contributed by atoms with Gasteiger partial charge in [-0.25, -0.2) is 4.98 Å². The van der Waals surface area contributed by atoms with E-state index in [1.807, 2.05) is 30.3 Å². The lowest BCUT2D eigenvalue weighted by Crippen LogP contribution is -2.46. The molecule has 2 aromatic heterocycles. The summed E-state index contributed by atoms with van der Waals surface area (Å²) in [6.45, 7) is 10.1. The third-order valence-corrected chi connectivity index (χ3v) is 6.13. The van der Waals surface area contributed by atoms with E-state index in [9.17, 15) is 4.79 Å². The van der Waals surface area contributed by atoms with Crippen LogP contribution in [-0.4, -0.2) is 72.3 Å². The zero-order valence-corrected chi connectivity index (χ0v) is 19.3. The largest absolute Gasteiger partial charge is 0.378 e. The number of morpholine rings is 2. The van der Waals surface area contributed by atoms with Gasteiger partial charge in [-0.2, -0.15) is 9.97 Å². The number of pyridine rings is 1. The number of hydrogen-bond acceptors (Lipinski definition) is 8. The zero-order valence-electron chi connectivity index (χ0n) is 19.3.